The van der Waals surface area contributed by atoms with Crippen LogP contribution in [0.2, 0.25) is 0 Å². The first kappa shape index (κ1) is 14.3. The van der Waals surface area contributed by atoms with Gasteiger partial charge in [0.25, 0.3) is 10.1 Å². The summed E-state index contributed by atoms with van der Waals surface area (Å²) in [5, 5.41) is 0. The maximum absolute atomic E-state index is 12.3. The van der Waals surface area contributed by atoms with Crippen LogP contribution in [-0.2, 0) is 20.9 Å². The summed E-state index contributed by atoms with van der Waals surface area (Å²) in [6.07, 6.45) is 2.29. The molecule has 0 aliphatic heterocycles. The zero-order chi connectivity index (χ0) is 14.0. The number of hydrogen-bond acceptors (Lipinski definition) is 4. The average Bonchev–Trinajstić information content (AvgIpc) is 2.38. The predicted molar refractivity (Wildman–Crippen MR) is 72.9 cm³/mol. The number of rotatable bonds is 3. The molecule has 0 spiro atoms. The van der Waals surface area contributed by atoms with Crippen molar-refractivity contribution >= 4 is 36.8 Å². The summed E-state index contributed by atoms with van der Waals surface area (Å²) >= 11 is 3.25. The highest BCUT2D eigenvalue weighted by atomic mass is 79.9. The van der Waals surface area contributed by atoms with Gasteiger partial charge >= 0.3 is 0 Å². The molecular weight excluding hydrogens is 354 g/mol. The molecule has 0 saturated heterocycles. The minimum Gasteiger partial charge on any atom is -0.282 e. The molecule has 0 bridgehead atoms. The Morgan fingerprint density at radius 3 is 2.37 bits per heavy atom. The third kappa shape index (κ3) is 3.27. The van der Waals surface area contributed by atoms with Crippen LogP contribution in [0.1, 0.15) is 0 Å². The van der Waals surface area contributed by atoms with E-state index in [-0.39, 0.29) is 4.90 Å². The summed E-state index contributed by atoms with van der Waals surface area (Å²) in [4.78, 5) is 3.60. The van der Waals surface area contributed by atoms with Gasteiger partial charge in [-0.15, -0.1) is 0 Å². The fraction of sp³-hybridized carbons (Fsp3) is 0. The van der Waals surface area contributed by atoms with Crippen LogP contribution >= 0.6 is 15.9 Å². The lowest BCUT2D eigenvalue weighted by Gasteiger charge is -2.06. The van der Waals surface area contributed by atoms with Gasteiger partial charge in [-0.1, -0.05) is 15.9 Å². The van der Waals surface area contributed by atoms with Crippen molar-refractivity contribution in [1.82, 2.24) is 4.98 Å². The smallest absolute Gasteiger partial charge is 0.282 e. The van der Waals surface area contributed by atoms with Crippen molar-refractivity contribution < 1.29 is 17.2 Å². The molecule has 2 rings (SSSR count). The van der Waals surface area contributed by atoms with Gasteiger partial charge in [-0.3, -0.25) is 9.54 Å². The van der Waals surface area contributed by atoms with E-state index in [4.69, 9.17) is 4.55 Å². The number of benzene rings is 1. The molecule has 1 aromatic heterocycles. The molecule has 100 valence electrons. The van der Waals surface area contributed by atoms with E-state index in [2.05, 4.69) is 20.9 Å². The van der Waals surface area contributed by atoms with Gasteiger partial charge in [-0.2, -0.15) is 8.42 Å². The van der Waals surface area contributed by atoms with Gasteiger partial charge in [-0.05, 0) is 30.3 Å². The van der Waals surface area contributed by atoms with Crippen molar-refractivity contribution in [2.24, 2.45) is 0 Å². The lowest BCUT2D eigenvalue weighted by atomic mass is 10.4. The SMILES string of the molecule is O=S(c1ccc(Br)cc1)c1ccncc1S(=O)(=O)O. The number of halogens is 1. The van der Waals surface area contributed by atoms with Gasteiger partial charge in [0.15, 0.2) is 0 Å². The molecule has 8 heteroatoms. The fourth-order valence-electron chi connectivity index (χ4n) is 1.40. The molecular formula is C11H8BrNO4S2. The summed E-state index contributed by atoms with van der Waals surface area (Å²) in [5.74, 6) is 0. The fourth-order valence-corrected chi connectivity index (χ4v) is 3.78. The lowest BCUT2D eigenvalue weighted by molar-refractivity contribution is 0.480. The average molecular weight is 362 g/mol. The summed E-state index contributed by atoms with van der Waals surface area (Å²) in [5.41, 5.74) is 0. The normalized spacial score (nSPS) is 13.2. The third-order valence-corrected chi connectivity index (χ3v) is 5.25. The third-order valence-electron chi connectivity index (χ3n) is 2.25. The van der Waals surface area contributed by atoms with E-state index in [0.717, 1.165) is 10.7 Å². The van der Waals surface area contributed by atoms with Crippen molar-refractivity contribution in [2.75, 3.05) is 0 Å². The van der Waals surface area contributed by atoms with Crippen LogP contribution in [0.15, 0.2) is 61.9 Å². The maximum Gasteiger partial charge on any atom is 0.297 e. The highest BCUT2D eigenvalue weighted by Crippen LogP contribution is 2.23. The number of nitrogens with zero attached hydrogens (tertiary/aromatic N) is 1. The van der Waals surface area contributed by atoms with E-state index >= 15 is 0 Å². The molecule has 1 aromatic carbocycles. The van der Waals surface area contributed by atoms with E-state index in [1.807, 2.05) is 0 Å². The Morgan fingerprint density at radius 2 is 1.79 bits per heavy atom. The molecule has 0 saturated carbocycles. The number of hydrogen-bond donors (Lipinski definition) is 1. The standard InChI is InChI=1S/C11H8BrNO4S2/c12-8-1-3-9(4-2-8)18(14)10-5-6-13-7-11(10)19(15,16)17/h1-7H,(H,15,16,17). The van der Waals surface area contributed by atoms with Crippen LogP contribution in [0.4, 0.5) is 0 Å². The topological polar surface area (TPSA) is 84.3 Å². The molecule has 0 aliphatic carbocycles. The first-order chi connectivity index (χ1) is 8.89. The molecule has 5 nitrogen and oxygen atoms in total. The van der Waals surface area contributed by atoms with Crippen molar-refractivity contribution in [3.63, 3.8) is 0 Å². The number of pyridine rings is 1. The van der Waals surface area contributed by atoms with Crippen molar-refractivity contribution in [3.05, 3.63) is 47.2 Å². The zero-order valence-corrected chi connectivity index (χ0v) is 12.6. The minimum absolute atomic E-state index is 0.000164. The summed E-state index contributed by atoms with van der Waals surface area (Å²) in [6.45, 7) is 0. The van der Waals surface area contributed by atoms with Crippen LogP contribution in [-0.4, -0.2) is 22.2 Å². The number of aromatic nitrogens is 1. The van der Waals surface area contributed by atoms with E-state index in [1.165, 1.54) is 12.3 Å². The van der Waals surface area contributed by atoms with Crippen LogP contribution in [0, 0.1) is 0 Å². The van der Waals surface area contributed by atoms with Gasteiger partial charge in [0.1, 0.15) is 4.90 Å². The second kappa shape index (κ2) is 5.49. The Bertz CT molecular complexity index is 729. The van der Waals surface area contributed by atoms with Gasteiger partial charge in [0.05, 0.1) is 15.7 Å². The van der Waals surface area contributed by atoms with Crippen molar-refractivity contribution in [3.8, 4) is 0 Å². The Balaban J connectivity index is 2.54. The first-order valence-electron chi connectivity index (χ1n) is 4.98. The minimum atomic E-state index is -4.46. The Kier molecular flexibility index (Phi) is 4.14. The summed E-state index contributed by atoms with van der Waals surface area (Å²) < 4.78 is 44.7. The quantitative estimate of drug-likeness (QED) is 0.847. The molecule has 0 amide bonds. The van der Waals surface area contributed by atoms with Crippen LogP contribution in [0.25, 0.3) is 0 Å². The highest BCUT2D eigenvalue weighted by molar-refractivity contribution is 9.10. The summed E-state index contributed by atoms with van der Waals surface area (Å²) in [7, 11) is -6.17. The maximum atomic E-state index is 12.3. The molecule has 1 N–H and O–H groups in total. The van der Waals surface area contributed by atoms with Crippen molar-refractivity contribution in [2.45, 2.75) is 14.7 Å². The molecule has 1 atom stereocenters. The molecule has 2 aromatic rings. The second-order valence-electron chi connectivity index (χ2n) is 3.52. The van der Waals surface area contributed by atoms with Gasteiger partial charge in [0.2, 0.25) is 0 Å². The largest absolute Gasteiger partial charge is 0.297 e. The molecule has 0 fully saturated rings. The molecule has 1 heterocycles. The molecule has 1 unspecified atom stereocenters. The molecule has 19 heavy (non-hydrogen) atoms. The highest BCUT2D eigenvalue weighted by Gasteiger charge is 2.20. The Labute approximate surface area is 121 Å². The molecule has 0 radical (unpaired) electrons. The van der Waals surface area contributed by atoms with Crippen LogP contribution < -0.4 is 0 Å². The van der Waals surface area contributed by atoms with E-state index in [1.54, 1.807) is 24.3 Å². The van der Waals surface area contributed by atoms with Gasteiger partial charge in [-0.25, -0.2) is 4.21 Å². The summed E-state index contributed by atoms with van der Waals surface area (Å²) in [6, 6.07) is 7.91. The van der Waals surface area contributed by atoms with E-state index in [0.29, 0.717) is 4.90 Å². The lowest BCUT2D eigenvalue weighted by Crippen LogP contribution is -2.05. The van der Waals surface area contributed by atoms with Crippen LogP contribution in [0.3, 0.4) is 0 Å². The van der Waals surface area contributed by atoms with Gasteiger partial charge < -0.3 is 0 Å². The van der Waals surface area contributed by atoms with Crippen LogP contribution in [0.5, 0.6) is 0 Å². The Hall–Kier alpha value is -1.09. The van der Waals surface area contributed by atoms with Gasteiger partial charge in [0, 0.05) is 21.8 Å². The van der Waals surface area contributed by atoms with E-state index < -0.39 is 25.8 Å². The second-order valence-corrected chi connectivity index (χ2v) is 7.27. The zero-order valence-electron chi connectivity index (χ0n) is 9.36. The predicted octanol–water partition coefficient (Wildman–Crippen LogP) is 2.26. The Morgan fingerprint density at radius 1 is 1.16 bits per heavy atom. The first-order valence-corrected chi connectivity index (χ1v) is 8.37. The molecule has 0 aliphatic rings. The monoisotopic (exact) mass is 361 g/mol. The van der Waals surface area contributed by atoms with Crippen molar-refractivity contribution in [1.29, 1.82) is 0 Å². The van der Waals surface area contributed by atoms with E-state index in [9.17, 15) is 12.6 Å².